The summed E-state index contributed by atoms with van der Waals surface area (Å²) in [5.41, 5.74) is 5.34. The van der Waals surface area contributed by atoms with Crippen molar-refractivity contribution >= 4 is 11.9 Å². The molecule has 0 aromatic heterocycles. The highest BCUT2D eigenvalue weighted by molar-refractivity contribution is 5.79. The minimum atomic E-state index is -0.291. The number of nitrogens with one attached hydrogen (secondary N) is 1. The number of nitrogens with two attached hydrogens (primary N) is 1. The number of rotatable bonds is 2. The molecule has 102 valence electrons. The van der Waals surface area contributed by atoms with Crippen LogP contribution in [0.2, 0.25) is 0 Å². The van der Waals surface area contributed by atoms with Gasteiger partial charge in [-0.1, -0.05) is 12.8 Å². The fraction of sp³-hybridized carbons (Fsp3) is 0.846. The third kappa shape index (κ3) is 2.94. The summed E-state index contributed by atoms with van der Waals surface area (Å²) < 4.78 is 0. The Hall–Kier alpha value is -1.26. The van der Waals surface area contributed by atoms with Gasteiger partial charge in [-0.3, -0.25) is 4.79 Å². The van der Waals surface area contributed by atoms with Crippen LogP contribution < -0.4 is 11.1 Å². The Labute approximate surface area is 108 Å². The Morgan fingerprint density at radius 2 is 1.83 bits per heavy atom. The fourth-order valence-electron chi connectivity index (χ4n) is 2.95. The number of urea groups is 1. The van der Waals surface area contributed by atoms with E-state index in [1.807, 2.05) is 6.92 Å². The van der Waals surface area contributed by atoms with Crippen molar-refractivity contribution in [1.82, 2.24) is 10.2 Å². The molecule has 1 saturated carbocycles. The van der Waals surface area contributed by atoms with Crippen LogP contribution in [0, 0.1) is 5.92 Å². The number of hydrogen-bond acceptors (Lipinski definition) is 2. The van der Waals surface area contributed by atoms with Crippen molar-refractivity contribution in [3.05, 3.63) is 0 Å². The summed E-state index contributed by atoms with van der Waals surface area (Å²) in [7, 11) is 0. The van der Waals surface area contributed by atoms with E-state index < -0.39 is 0 Å². The van der Waals surface area contributed by atoms with Crippen LogP contribution in [0.25, 0.3) is 0 Å². The molecule has 3 amide bonds. The molecule has 2 unspecified atom stereocenters. The van der Waals surface area contributed by atoms with Gasteiger partial charge in [0.2, 0.25) is 5.91 Å². The lowest BCUT2D eigenvalue weighted by atomic mass is 9.93. The molecule has 2 rings (SSSR count). The molecule has 1 aliphatic carbocycles. The quantitative estimate of drug-likeness (QED) is 0.776. The summed E-state index contributed by atoms with van der Waals surface area (Å²) in [6.07, 6.45) is 6.20. The summed E-state index contributed by atoms with van der Waals surface area (Å²) in [5, 5.41) is 3.07. The van der Waals surface area contributed by atoms with Crippen LogP contribution in [0.1, 0.15) is 45.4 Å². The van der Waals surface area contributed by atoms with Crippen LogP contribution in [0.3, 0.4) is 0 Å². The lowest BCUT2D eigenvalue weighted by Crippen LogP contribution is -2.53. The average Bonchev–Trinajstić information content (AvgIpc) is 2.81. The number of nitrogens with zero attached hydrogens (tertiary/aromatic N) is 1. The summed E-state index contributed by atoms with van der Waals surface area (Å²) in [6.45, 7) is 2.50. The predicted octanol–water partition coefficient (Wildman–Crippen LogP) is 1.22. The van der Waals surface area contributed by atoms with Crippen molar-refractivity contribution in [2.24, 2.45) is 11.7 Å². The molecule has 2 atom stereocenters. The molecule has 0 aromatic carbocycles. The topological polar surface area (TPSA) is 75.4 Å². The largest absolute Gasteiger partial charge is 0.369 e. The van der Waals surface area contributed by atoms with Gasteiger partial charge in [0.15, 0.2) is 0 Å². The van der Waals surface area contributed by atoms with Crippen molar-refractivity contribution < 1.29 is 9.59 Å². The molecule has 1 aliphatic heterocycles. The Morgan fingerprint density at radius 1 is 1.17 bits per heavy atom. The molecule has 18 heavy (non-hydrogen) atoms. The van der Waals surface area contributed by atoms with Gasteiger partial charge >= 0.3 is 6.03 Å². The maximum Gasteiger partial charge on any atom is 0.317 e. The van der Waals surface area contributed by atoms with E-state index in [4.69, 9.17) is 5.73 Å². The molecule has 3 N–H and O–H groups in total. The fourth-order valence-corrected chi connectivity index (χ4v) is 2.95. The molecule has 2 fully saturated rings. The van der Waals surface area contributed by atoms with Crippen LogP contribution >= 0.6 is 0 Å². The van der Waals surface area contributed by atoms with E-state index in [1.54, 1.807) is 4.90 Å². The molecule has 0 bridgehead atoms. The third-order valence-corrected chi connectivity index (χ3v) is 4.23. The molecule has 5 heteroatoms. The number of primary amides is 1. The number of carbonyl (C=O) groups excluding carboxylic acids is 2. The van der Waals surface area contributed by atoms with E-state index in [0.717, 1.165) is 25.7 Å². The standard InChI is InChI=1S/C13H23N3O2/c1-9-6-7-10(12(14)17)8-16(9)13(18)15-11-4-2-3-5-11/h9-11H,2-8H2,1H3,(H2,14,17)(H,15,18). The Morgan fingerprint density at radius 3 is 2.44 bits per heavy atom. The monoisotopic (exact) mass is 253 g/mol. The van der Waals surface area contributed by atoms with Crippen molar-refractivity contribution in [2.45, 2.75) is 57.5 Å². The van der Waals surface area contributed by atoms with Gasteiger partial charge in [-0.2, -0.15) is 0 Å². The summed E-state index contributed by atoms with van der Waals surface area (Å²) in [5.74, 6) is -0.476. The molecule has 1 saturated heterocycles. The Bertz CT molecular complexity index is 326. The molecule has 0 aromatic rings. The van der Waals surface area contributed by atoms with Crippen LogP contribution in [0.4, 0.5) is 4.79 Å². The number of likely N-dealkylation sites (tertiary alicyclic amines) is 1. The average molecular weight is 253 g/mol. The third-order valence-electron chi connectivity index (χ3n) is 4.23. The van der Waals surface area contributed by atoms with Crippen molar-refractivity contribution in [3.8, 4) is 0 Å². The lowest BCUT2D eigenvalue weighted by Gasteiger charge is -2.37. The summed E-state index contributed by atoms with van der Waals surface area (Å²) in [4.78, 5) is 25.2. The zero-order valence-electron chi connectivity index (χ0n) is 11.0. The van der Waals surface area contributed by atoms with Crippen molar-refractivity contribution in [2.75, 3.05) is 6.54 Å². The first-order valence-corrected chi connectivity index (χ1v) is 6.94. The van der Waals surface area contributed by atoms with Crippen molar-refractivity contribution in [1.29, 1.82) is 0 Å². The first kappa shape index (κ1) is 13.2. The van der Waals surface area contributed by atoms with E-state index in [0.29, 0.717) is 12.6 Å². The summed E-state index contributed by atoms with van der Waals surface area (Å²) >= 11 is 0. The van der Waals surface area contributed by atoms with E-state index in [2.05, 4.69) is 5.32 Å². The second-order valence-electron chi connectivity index (χ2n) is 5.61. The second-order valence-corrected chi connectivity index (χ2v) is 5.61. The van der Waals surface area contributed by atoms with Gasteiger partial charge in [0.05, 0.1) is 5.92 Å². The molecular weight excluding hydrogens is 230 g/mol. The SMILES string of the molecule is CC1CCC(C(N)=O)CN1C(=O)NC1CCCC1. The van der Waals surface area contributed by atoms with E-state index in [1.165, 1.54) is 12.8 Å². The van der Waals surface area contributed by atoms with Crippen LogP contribution in [0.5, 0.6) is 0 Å². The highest BCUT2D eigenvalue weighted by Gasteiger charge is 2.32. The summed E-state index contributed by atoms with van der Waals surface area (Å²) in [6, 6.07) is 0.487. The predicted molar refractivity (Wildman–Crippen MR) is 68.9 cm³/mol. The van der Waals surface area contributed by atoms with Crippen LogP contribution in [0.15, 0.2) is 0 Å². The molecule has 0 radical (unpaired) electrons. The maximum absolute atomic E-state index is 12.2. The molecule has 2 aliphatic rings. The van der Waals surface area contributed by atoms with E-state index >= 15 is 0 Å². The van der Waals surface area contributed by atoms with Crippen LogP contribution in [-0.2, 0) is 4.79 Å². The number of hydrogen-bond donors (Lipinski definition) is 2. The lowest BCUT2D eigenvalue weighted by molar-refractivity contribution is -0.123. The van der Waals surface area contributed by atoms with E-state index in [9.17, 15) is 9.59 Å². The molecule has 0 spiro atoms. The molecular formula is C13H23N3O2. The maximum atomic E-state index is 12.2. The smallest absolute Gasteiger partial charge is 0.317 e. The molecule has 5 nitrogen and oxygen atoms in total. The van der Waals surface area contributed by atoms with Gasteiger partial charge < -0.3 is 16.0 Å². The highest BCUT2D eigenvalue weighted by Crippen LogP contribution is 2.23. The normalized spacial score (nSPS) is 29.3. The zero-order chi connectivity index (χ0) is 13.1. The first-order valence-electron chi connectivity index (χ1n) is 6.94. The Kier molecular flexibility index (Phi) is 4.09. The van der Waals surface area contributed by atoms with Gasteiger partial charge in [0.25, 0.3) is 0 Å². The highest BCUT2D eigenvalue weighted by atomic mass is 16.2. The minimum absolute atomic E-state index is 0.0275. The Balaban J connectivity index is 1.91. The zero-order valence-corrected chi connectivity index (χ0v) is 11.0. The minimum Gasteiger partial charge on any atom is -0.369 e. The van der Waals surface area contributed by atoms with Gasteiger partial charge in [0.1, 0.15) is 0 Å². The van der Waals surface area contributed by atoms with E-state index in [-0.39, 0.29) is 23.9 Å². The van der Waals surface area contributed by atoms with Crippen molar-refractivity contribution in [3.63, 3.8) is 0 Å². The van der Waals surface area contributed by atoms with Crippen LogP contribution in [-0.4, -0.2) is 35.5 Å². The van der Waals surface area contributed by atoms with Gasteiger partial charge in [-0.05, 0) is 32.6 Å². The number of amides is 3. The number of carbonyl (C=O) groups is 2. The van der Waals surface area contributed by atoms with Gasteiger partial charge in [0, 0.05) is 18.6 Å². The second kappa shape index (κ2) is 5.59. The van der Waals surface area contributed by atoms with Gasteiger partial charge in [-0.25, -0.2) is 4.79 Å². The van der Waals surface area contributed by atoms with Gasteiger partial charge in [-0.15, -0.1) is 0 Å². The molecule has 1 heterocycles. The number of piperidine rings is 1. The first-order chi connectivity index (χ1) is 8.58.